The molecule has 0 aliphatic carbocycles. The van der Waals surface area contributed by atoms with Crippen LogP contribution in [0.25, 0.3) is 10.9 Å². The number of benzene rings is 2. The summed E-state index contributed by atoms with van der Waals surface area (Å²) in [6, 6.07) is 23.9. The van der Waals surface area contributed by atoms with Gasteiger partial charge in [0.05, 0.1) is 18.3 Å². The van der Waals surface area contributed by atoms with E-state index in [-0.39, 0.29) is 0 Å². The number of para-hydroxylation sites is 1. The Kier molecular flexibility index (Phi) is 7.72. The number of carbonyl (C=O) groups is 1. The minimum absolute atomic E-state index is 0.472. The molecule has 1 amide bonds. The van der Waals surface area contributed by atoms with Crippen molar-refractivity contribution in [3.05, 3.63) is 114 Å². The van der Waals surface area contributed by atoms with Gasteiger partial charge >= 0.3 is 6.09 Å². The lowest BCUT2D eigenvalue weighted by Gasteiger charge is -2.24. The third-order valence-electron chi connectivity index (χ3n) is 6.48. The van der Waals surface area contributed by atoms with Gasteiger partial charge in [0, 0.05) is 36.1 Å². The lowest BCUT2D eigenvalue weighted by Crippen LogP contribution is -2.37. The summed E-state index contributed by atoms with van der Waals surface area (Å²) in [6.07, 6.45) is 5.33. The van der Waals surface area contributed by atoms with Crippen LogP contribution < -0.4 is 5.32 Å². The Labute approximate surface area is 228 Å². The summed E-state index contributed by atoms with van der Waals surface area (Å²) in [5.74, 6) is 1.51. The molecule has 0 unspecified atom stereocenters. The van der Waals surface area contributed by atoms with Crippen LogP contribution in [0.15, 0.2) is 85.2 Å². The van der Waals surface area contributed by atoms with Crippen molar-refractivity contribution in [3.8, 4) is 0 Å². The van der Waals surface area contributed by atoms with Gasteiger partial charge < -0.3 is 19.6 Å². The van der Waals surface area contributed by atoms with Gasteiger partial charge in [-0.1, -0.05) is 54.6 Å². The number of pyridine rings is 1. The second kappa shape index (κ2) is 11.5. The van der Waals surface area contributed by atoms with Gasteiger partial charge in [-0.3, -0.25) is 4.98 Å². The first-order valence-corrected chi connectivity index (χ1v) is 13.3. The number of hydrogen-bond donors (Lipinski definition) is 2. The molecule has 0 spiro atoms. The van der Waals surface area contributed by atoms with E-state index in [1.54, 1.807) is 6.20 Å². The molecule has 0 saturated heterocycles. The Balaban J connectivity index is 1.51. The Morgan fingerprint density at radius 1 is 0.974 bits per heavy atom. The average molecular weight is 523 g/mol. The molecule has 3 heterocycles. The van der Waals surface area contributed by atoms with Gasteiger partial charge in [-0.15, -0.1) is 10.2 Å². The molecule has 3 aromatic heterocycles. The summed E-state index contributed by atoms with van der Waals surface area (Å²) in [6.45, 7) is 6.05. The molecule has 200 valence electrons. The third kappa shape index (κ3) is 6.71. The van der Waals surface area contributed by atoms with E-state index < -0.39 is 17.7 Å². The van der Waals surface area contributed by atoms with Crippen molar-refractivity contribution in [2.45, 2.75) is 58.2 Å². The Morgan fingerprint density at radius 2 is 1.74 bits per heavy atom. The molecule has 0 saturated carbocycles. The fraction of sp³-hybridized carbons (Fsp3) is 0.290. The van der Waals surface area contributed by atoms with Gasteiger partial charge in [-0.25, -0.2) is 4.79 Å². The Morgan fingerprint density at radius 3 is 2.51 bits per heavy atom. The SMILES string of the molecule is CC(C)(C)OC(=O)N[C@H](Cc1c[nH]c2ccccc12)c1nnc(CCc2ccccc2)n1Cc1ccccn1. The van der Waals surface area contributed by atoms with Crippen LogP contribution in [0, 0.1) is 0 Å². The van der Waals surface area contributed by atoms with Crippen molar-refractivity contribution in [2.24, 2.45) is 0 Å². The average Bonchev–Trinajstić information content (AvgIpc) is 3.51. The largest absolute Gasteiger partial charge is 0.444 e. The van der Waals surface area contributed by atoms with E-state index in [1.807, 2.05) is 81.6 Å². The minimum Gasteiger partial charge on any atom is -0.444 e. The highest BCUT2D eigenvalue weighted by Gasteiger charge is 2.27. The molecule has 2 aromatic carbocycles. The third-order valence-corrected chi connectivity index (χ3v) is 6.48. The second-order valence-corrected chi connectivity index (χ2v) is 10.6. The number of aromatic amines is 1. The molecule has 0 radical (unpaired) electrons. The number of ether oxygens (including phenoxy) is 1. The smallest absolute Gasteiger partial charge is 0.408 e. The molecule has 5 aromatic rings. The Bertz CT molecular complexity index is 1520. The van der Waals surface area contributed by atoms with Crippen LogP contribution in [0.4, 0.5) is 4.79 Å². The summed E-state index contributed by atoms with van der Waals surface area (Å²) < 4.78 is 7.72. The van der Waals surface area contributed by atoms with E-state index in [9.17, 15) is 4.79 Å². The molecule has 5 rings (SSSR count). The molecule has 0 fully saturated rings. The number of carbonyl (C=O) groups excluding carboxylic acids is 1. The maximum absolute atomic E-state index is 13.0. The second-order valence-electron chi connectivity index (χ2n) is 10.6. The van der Waals surface area contributed by atoms with Gasteiger partial charge in [0.15, 0.2) is 5.82 Å². The molecule has 0 bridgehead atoms. The zero-order valence-corrected chi connectivity index (χ0v) is 22.6. The fourth-order valence-electron chi connectivity index (χ4n) is 4.70. The number of aryl methyl sites for hydroxylation is 2. The number of nitrogens with zero attached hydrogens (tertiary/aromatic N) is 4. The number of alkyl carbamates (subject to hydrolysis) is 1. The number of fused-ring (bicyclic) bond motifs is 1. The van der Waals surface area contributed by atoms with Gasteiger partial charge in [0.2, 0.25) is 0 Å². The number of hydrogen-bond acceptors (Lipinski definition) is 5. The number of H-pyrrole nitrogens is 1. The monoisotopic (exact) mass is 522 g/mol. The lowest BCUT2D eigenvalue weighted by atomic mass is 10.0. The van der Waals surface area contributed by atoms with Gasteiger partial charge in [-0.2, -0.15) is 0 Å². The molecular weight excluding hydrogens is 488 g/mol. The molecule has 0 aliphatic rings. The van der Waals surface area contributed by atoms with E-state index in [1.165, 1.54) is 5.56 Å². The fourth-order valence-corrected chi connectivity index (χ4v) is 4.70. The summed E-state index contributed by atoms with van der Waals surface area (Å²) in [5, 5.41) is 13.4. The number of rotatable bonds is 9. The summed E-state index contributed by atoms with van der Waals surface area (Å²) in [5.41, 5.74) is 3.61. The molecule has 2 N–H and O–H groups in total. The standard InChI is InChI=1S/C31H34N6O2/c1-31(2,3)39-30(38)34-27(19-23-20-33-26-15-8-7-14-25(23)26)29-36-35-28(17-16-22-11-5-4-6-12-22)37(29)21-24-13-9-10-18-32-24/h4-15,18,20,27,33H,16-17,19,21H2,1-3H3,(H,34,38)/t27-/m1/s1. The Hall–Kier alpha value is -4.46. The first-order valence-electron chi connectivity index (χ1n) is 13.3. The van der Waals surface area contributed by atoms with Crippen molar-refractivity contribution in [1.29, 1.82) is 0 Å². The van der Waals surface area contributed by atoms with E-state index >= 15 is 0 Å². The first kappa shape index (κ1) is 26.2. The van der Waals surface area contributed by atoms with Crippen LogP contribution in [-0.4, -0.2) is 36.4 Å². The van der Waals surface area contributed by atoms with Crippen molar-refractivity contribution < 1.29 is 9.53 Å². The van der Waals surface area contributed by atoms with Crippen LogP contribution in [0.3, 0.4) is 0 Å². The molecule has 1 atom stereocenters. The van der Waals surface area contributed by atoms with Gasteiger partial charge in [0.1, 0.15) is 11.4 Å². The van der Waals surface area contributed by atoms with Crippen molar-refractivity contribution in [2.75, 3.05) is 0 Å². The minimum atomic E-state index is -0.627. The van der Waals surface area contributed by atoms with Crippen molar-refractivity contribution in [3.63, 3.8) is 0 Å². The van der Waals surface area contributed by atoms with Crippen LogP contribution in [0.5, 0.6) is 0 Å². The maximum Gasteiger partial charge on any atom is 0.408 e. The highest BCUT2D eigenvalue weighted by molar-refractivity contribution is 5.83. The zero-order chi connectivity index (χ0) is 27.2. The molecule has 8 heteroatoms. The van der Waals surface area contributed by atoms with Gasteiger partial charge in [0.25, 0.3) is 0 Å². The van der Waals surface area contributed by atoms with Crippen molar-refractivity contribution >= 4 is 17.0 Å². The molecular formula is C31H34N6O2. The number of aromatic nitrogens is 5. The summed E-state index contributed by atoms with van der Waals surface area (Å²) in [7, 11) is 0. The van der Waals surface area contributed by atoms with E-state index in [2.05, 4.69) is 48.2 Å². The predicted octanol–water partition coefficient (Wildman–Crippen LogP) is 5.80. The summed E-state index contributed by atoms with van der Waals surface area (Å²) in [4.78, 5) is 20.9. The normalized spacial score (nSPS) is 12.4. The van der Waals surface area contributed by atoms with Crippen LogP contribution >= 0.6 is 0 Å². The highest BCUT2D eigenvalue weighted by atomic mass is 16.6. The van der Waals surface area contributed by atoms with E-state index in [4.69, 9.17) is 4.74 Å². The quantitative estimate of drug-likeness (QED) is 0.255. The topological polar surface area (TPSA) is 97.7 Å². The first-order chi connectivity index (χ1) is 18.9. The summed E-state index contributed by atoms with van der Waals surface area (Å²) >= 11 is 0. The number of nitrogens with one attached hydrogen (secondary N) is 2. The van der Waals surface area contributed by atoms with Gasteiger partial charge in [-0.05, 0) is 56.5 Å². The van der Waals surface area contributed by atoms with Crippen molar-refractivity contribution in [1.82, 2.24) is 30.0 Å². The van der Waals surface area contributed by atoms with Crippen LogP contribution in [-0.2, 0) is 30.5 Å². The molecule has 39 heavy (non-hydrogen) atoms. The van der Waals surface area contributed by atoms with Crippen LogP contribution in [0.2, 0.25) is 0 Å². The predicted molar refractivity (Wildman–Crippen MR) is 151 cm³/mol. The maximum atomic E-state index is 13.0. The lowest BCUT2D eigenvalue weighted by molar-refractivity contribution is 0.0500. The van der Waals surface area contributed by atoms with E-state index in [0.717, 1.165) is 34.4 Å². The molecule has 8 nitrogen and oxygen atoms in total. The van der Waals surface area contributed by atoms with Crippen LogP contribution in [0.1, 0.15) is 55.3 Å². The zero-order valence-electron chi connectivity index (χ0n) is 22.6. The number of amides is 1. The highest BCUT2D eigenvalue weighted by Crippen LogP contribution is 2.26. The van der Waals surface area contributed by atoms with E-state index in [0.29, 0.717) is 25.2 Å². The molecule has 0 aliphatic heterocycles.